The van der Waals surface area contributed by atoms with Crippen LogP contribution in [0.25, 0.3) is 0 Å². The minimum absolute atomic E-state index is 0.230. The number of rotatable bonds is 3. The summed E-state index contributed by atoms with van der Waals surface area (Å²) in [5.41, 5.74) is 2.57. The molecule has 0 atom stereocenters. The lowest BCUT2D eigenvalue weighted by Crippen LogP contribution is -2.15. The number of hydrogen-bond donors (Lipinski definition) is 2. The van der Waals surface area contributed by atoms with Crippen LogP contribution in [0.2, 0.25) is 0 Å². The molecule has 1 aliphatic rings. The second-order valence-electron chi connectivity index (χ2n) is 3.78. The number of ether oxygens (including phenoxy) is 1. The first-order valence-corrected chi connectivity index (χ1v) is 5.26. The third kappa shape index (κ3) is 1.99. The third-order valence-electron chi connectivity index (χ3n) is 2.88. The van der Waals surface area contributed by atoms with Crippen LogP contribution in [0.1, 0.15) is 30.0 Å². The molecule has 78 valence electrons. The predicted molar refractivity (Wildman–Crippen MR) is 54.4 cm³/mol. The Balaban J connectivity index is 2.09. The van der Waals surface area contributed by atoms with Crippen molar-refractivity contribution in [3.8, 4) is 0 Å². The Labute approximate surface area is 84.1 Å². The van der Waals surface area contributed by atoms with Gasteiger partial charge in [-0.25, -0.2) is 0 Å². The summed E-state index contributed by atoms with van der Waals surface area (Å²) in [5.74, 6) is 0.597. The molecule has 14 heavy (non-hydrogen) atoms. The van der Waals surface area contributed by atoms with Gasteiger partial charge >= 0.3 is 0 Å². The number of aromatic amines is 1. The highest BCUT2D eigenvalue weighted by molar-refractivity contribution is 5.24. The molecule has 1 aliphatic heterocycles. The number of hydrogen-bond acceptors (Lipinski definition) is 2. The number of nitrogens with one attached hydrogen (secondary N) is 1. The Morgan fingerprint density at radius 2 is 2.21 bits per heavy atom. The highest BCUT2D eigenvalue weighted by atomic mass is 16.5. The van der Waals surface area contributed by atoms with E-state index in [1.54, 1.807) is 0 Å². The average Bonchev–Trinajstić information content (AvgIpc) is 2.68. The molecule has 0 aromatic carbocycles. The van der Waals surface area contributed by atoms with Gasteiger partial charge in [-0.3, -0.25) is 0 Å². The van der Waals surface area contributed by atoms with Gasteiger partial charge < -0.3 is 14.8 Å². The Morgan fingerprint density at radius 3 is 2.93 bits per heavy atom. The van der Waals surface area contributed by atoms with Crippen molar-refractivity contribution in [1.29, 1.82) is 0 Å². The fourth-order valence-corrected chi connectivity index (χ4v) is 2.12. The summed E-state index contributed by atoms with van der Waals surface area (Å²) < 4.78 is 5.33. The van der Waals surface area contributed by atoms with E-state index < -0.39 is 0 Å². The Bertz CT molecular complexity index is 277. The summed E-state index contributed by atoms with van der Waals surface area (Å²) in [6.07, 6.45) is 4.92. The molecule has 0 bridgehead atoms. The van der Waals surface area contributed by atoms with Gasteiger partial charge in [-0.15, -0.1) is 0 Å². The second kappa shape index (κ2) is 4.62. The van der Waals surface area contributed by atoms with Crippen molar-refractivity contribution in [2.45, 2.75) is 25.2 Å². The van der Waals surface area contributed by atoms with Crippen LogP contribution in [0.15, 0.2) is 12.3 Å². The molecule has 3 heteroatoms. The Kier molecular flexibility index (Phi) is 3.22. The molecule has 0 saturated carbocycles. The van der Waals surface area contributed by atoms with Crippen molar-refractivity contribution < 1.29 is 9.84 Å². The molecule has 3 nitrogen and oxygen atoms in total. The minimum Gasteiger partial charge on any atom is -0.396 e. The first-order valence-electron chi connectivity index (χ1n) is 5.26. The van der Waals surface area contributed by atoms with Gasteiger partial charge in [0.2, 0.25) is 0 Å². The molecule has 1 aromatic heterocycles. The molecule has 0 radical (unpaired) electrons. The summed E-state index contributed by atoms with van der Waals surface area (Å²) >= 11 is 0. The number of aromatic nitrogens is 1. The molecule has 0 spiro atoms. The van der Waals surface area contributed by atoms with E-state index in [1.165, 1.54) is 11.3 Å². The van der Waals surface area contributed by atoms with Gasteiger partial charge in [-0.05, 0) is 30.9 Å². The Morgan fingerprint density at radius 1 is 1.43 bits per heavy atom. The number of H-pyrrole nitrogens is 1. The maximum atomic E-state index is 8.92. The van der Waals surface area contributed by atoms with Crippen LogP contribution in [0.5, 0.6) is 0 Å². The van der Waals surface area contributed by atoms with Crippen LogP contribution in [0, 0.1) is 0 Å². The molecule has 2 N–H and O–H groups in total. The van der Waals surface area contributed by atoms with Crippen LogP contribution < -0.4 is 0 Å². The summed E-state index contributed by atoms with van der Waals surface area (Å²) in [7, 11) is 0. The van der Waals surface area contributed by atoms with Crippen molar-refractivity contribution >= 4 is 0 Å². The zero-order valence-corrected chi connectivity index (χ0v) is 8.33. The van der Waals surface area contributed by atoms with Gasteiger partial charge in [-0.2, -0.15) is 0 Å². The second-order valence-corrected chi connectivity index (χ2v) is 3.78. The lowest BCUT2D eigenvalue weighted by molar-refractivity contribution is 0.0844. The SMILES string of the molecule is OCCc1cc[nH]c1C1CCOCC1. The highest BCUT2D eigenvalue weighted by Crippen LogP contribution is 2.28. The van der Waals surface area contributed by atoms with E-state index in [9.17, 15) is 0 Å². The fourth-order valence-electron chi connectivity index (χ4n) is 2.12. The maximum absolute atomic E-state index is 8.92. The van der Waals surface area contributed by atoms with E-state index in [1.807, 2.05) is 6.20 Å². The van der Waals surface area contributed by atoms with Gasteiger partial charge in [0.1, 0.15) is 0 Å². The average molecular weight is 195 g/mol. The van der Waals surface area contributed by atoms with E-state index in [-0.39, 0.29) is 6.61 Å². The van der Waals surface area contributed by atoms with Gasteiger partial charge in [-0.1, -0.05) is 0 Å². The molecular formula is C11H17NO2. The van der Waals surface area contributed by atoms with Crippen LogP contribution in [-0.2, 0) is 11.2 Å². The first kappa shape index (κ1) is 9.74. The molecular weight excluding hydrogens is 178 g/mol. The van der Waals surface area contributed by atoms with Crippen LogP contribution in [0.4, 0.5) is 0 Å². The van der Waals surface area contributed by atoms with Crippen molar-refractivity contribution in [3.05, 3.63) is 23.5 Å². The van der Waals surface area contributed by atoms with Gasteiger partial charge in [0, 0.05) is 37.6 Å². The summed E-state index contributed by atoms with van der Waals surface area (Å²) in [6, 6.07) is 2.07. The zero-order chi connectivity index (χ0) is 9.80. The van der Waals surface area contributed by atoms with Crippen LogP contribution in [-0.4, -0.2) is 29.9 Å². The molecule has 2 rings (SSSR count). The topological polar surface area (TPSA) is 45.2 Å². The summed E-state index contributed by atoms with van der Waals surface area (Å²) in [6.45, 7) is 1.96. The zero-order valence-electron chi connectivity index (χ0n) is 8.33. The monoisotopic (exact) mass is 195 g/mol. The molecule has 0 unspecified atom stereocenters. The van der Waals surface area contributed by atoms with E-state index in [0.717, 1.165) is 32.5 Å². The lowest BCUT2D eigenvalue weighted by Gasteiger charge is -2.22. The summed E-state index contributed by atoms with van der Waals surface area (Å²) in [4.78, 5) is 3.29. The number of aliphatic hydroxyl groups is 1. The van der Waals surface area contributed by atoms with E-state index in [0.29, 0.717) is 5.92 Å². The van der Waals surface area contributed by atoms with Crippen molar-refractivity contribution in [2.24, 2.45) is 0 Å². The normalized spacial score (nSPS) is 18.6. The Hall–Kier alpha value is -0.800. The standard InChI is InChI=1S/C11H17NO2/c13-6-2-9-1-5-12-11(9)10-3-7-14-8-4-10/h1,5,10,12-13H,2-4,6-8H2. The highest BCUT2D eigenvalue weighted by Gasteiger charge is 2.19. The van der Waals surface area contributed by atoms with Crippen molar-refractivity contribution in [2.75, 3.05) is 19.8 Å². The molecule has 2 heterocycles. The van der Waals surface area contributed by atoms with Gasteiger partial charge in [0.05, 0.1) is 0 Å². The maximum Gasteiger partial charge on any atom is 0.0472 e. The van der Waals surface area contributed by atoms with Gasteiger partial charge in [0.15, 0.2) is 0 Å². The van der Waals surface area contributed by atoms with Gasteiger partial charge in [0.25, 0.3) is 0 Å². The van der Waals surface area contributed by atoms with Crippen LogP contribution >= 0.6 is 0 Å². The van der Waals surface area contributed by atoms with E-state index >= 15 is 0 Å². The quantitative estimate of drug-likeness (QED) is 0.766. The third-order valence-corrected chi connectivity index (χ3v) is 2.88. The predicted octanol–water partition coefficient (Wildman–Crippen LogP) is 1.44. The number of aliphatic hydroxyl groups excluding tert-OH is 1. The molecule has 1 saturated heterocycles. The van der Waals surface area contributed by atoms with Crippen LogP contribution in [0.3, 0.4) is 0 Å². The van der Waals surface area contributed by atoms with E-state index in [4.69, 9.17) is 9.84 Å². The van der Waals surface area contributed by atoms with E-state index in [2.05, 4.69) is 11.1 Å². The largest absolute Gasteiger partial charge is 0.396 e. The molecule has 1 aromatic rings. The summed E-state index contributed by atoms with van der Waals surface area (Å²) in [5, 5.41) is 8.92. The molecule has 0 amide bonds. The van der Waals surface area contributed by atoms with Crippen molar-refractivity contribution in [1.82, 2.24) is 4.98 Å². The fraction of sp³-hybridized carbons (Fsp3) is 0.636. The molecule has 1 fully saturated rings. The smallest absolute Gasteiger partial charge is 0.0472 e. The minimum atomic E-state index is 0.230. The molecule has 0 aliphatic carbocycles. The lowest BCUT2D eigenvalue weighted by atomic mass is 9.93. The van der Waals surface area contributed by atoms with Crippen molar-refractivity contribution in [3.63, 3.8) is 0 Å². The first-order chi connectivity index (χ1) is 6.92.